The summed E-state index contributed by atoms with van der Waals surface area (Å²) in [5.74, 6) is 3.36. The van der Waals surface area contributed by atoms with Gasteiger partial charge in [0, 0.05) is 6.42 Å². The first-order chi connectivity index (χ1) is 15.7. The molecule has 33 heavy (non-hydrogen) atoms. The monoisotopic (exact) mass is 475 g/mol. The summed E-state index contributed by atoms with van der Waals surface area (Å²) in [5.41, 5.74) is 1.85. The molecule has 0 saturated heterocycles. The minimum Gasteiger partial charge on any atom is -0.393 e. The zero-order chi connectivity index (χ0) is 23.4. The molecule has 6 nitrogen and oxygen atoms in total. The third-order valence-corrected chi connectivity index (χ3v) is 11.5. The Labute approximate surface area is 202 Å². The van der Waals surface area contributed by atoms with Crippen molar-refractivity contribution in [1.82, 2.24) is 10.2 Å². The molecule has 0 aliphatic heterocycles. The summed E-state index contributed by atoms with van der Waals surface area (Å²) in [4.78, 5) is 12.4. The summed E-state index contributed by atoms with van der Waals surface area (Å²) >= 11 is 1.34. The molecule has 184 valence electrons. The summed E-state index contributed by atoms with van der Waals surface area (Å²) < 4.78 is 0. The van der Waals surface area contributed by atoms with Gasteiger partial charge in [-0.2, -0.15) is 0 Å². The standard InChI is InChI=1S/C26H41N3O3S/c1-15(4-9-23(32)28-24-29-27-14-33-24)19-7-8-20-18-6-5-16-12-17(30)10-11-25(16,2)21(18)13-22(31)26(19,20)3/h14-22,30-31H,4-13H2,1-3H3,(H,28,29,32)/t15-,16-,17-,18+,19-,20+,21+,22+,25+,26-/m1/s1. The first-order valence-corrected chi connectivity index (χ1v) is 14.0. The van der Waals surface area contributed by atoms with Gasteiger partial charge < -0.3 is 15.5 Å². The summed E-state index contributed by atoms with van der Waals surface area (Å²) in [7, 11) is 0. The van der Waals surface area contributed by atoms with Gasteiger partial charge in [-0.1, -0.05) is 32.1 Å². The molecule has 1 aromatic rings. The van der Waals surface area contributed by atoms with Gasteiger partial charge in [0.05, 0.1) is 12.2 Å². The Kier molecular flexibility index (Phi) is 6.36. The summed E-state index contributed by atoms with van der Waals surface area (Å²) in [6.07, 6.45) is 9.72. The van der Waals surface area contributed by atoms with Crippen molar-refractivity contribution in [2.24, 2.45) is 46.3 Å². The molecule has 0 spiro atoms. The molecule has 5 rings (SSSR count). The predicted octanol–water partition coefficient (Wildman–Crippen LogP) is 4.88. The number of aromatic nitrogens is 2. The van der Waals surface area contributed by atoms with Gasteiger partial charge in [0.2, 0.25) is 11.0 Å². The SMILES string of the molecule is C[C@H](CCC(=O)Nc1nncs1)[C@H]1CC[C@H]2[C@@H]3CC[C@@H]4C[C@H](O)CC[C@]4(C)[C@H]3C[C@H](O)[C@]12C. The van der Waals surface area contributed by atoms with Crippen molar-refractivity contribution in [3.63, 3.8) is 0 Å². The van der Waals surface area contributed by atoms with Crippen LogP contribution >= 0.6 is 11.3 Å². The molecule has 4 aliphatic carbocycles. The summed E-state index contributed by atoms with van der Waals surface area (Å²) in [6, 6.07) is 0. The second-order valence-corrected chi connectivity index (χ2v) is 13.0. The second-order valence-electron chi connectivity index (χ2n) is 12.2. The van der Waals surface area contributed by atoms with Gasteiger partial charge in [-0.3, -0.25) is 4.79 Å². The van der Waals surface area contributed by atoms with Crippen molar-refractivity contribution in [2.45, 2.75) is 97.2 Å². The van der Waals surface area contributed by atoms with Crippen molar-refractivity contribution in [1.29, 1.82) is 0 Å². The molecule has 4 saturated carbocycles. The number of aliphatic hydroxyl groups excluding tert-OH is 2. The highest BCUT2D eigenvalue weighted by atomic mass is 32.1. The van der Waals surface area contributed by atoms with Crippen molar-refractivity contribution < 1.29 is 15.0 Å². The first kappa shape index (κ1) is 23.7. The van der Waals surface area contributed by atoms with E-state index < -0.39 is 0 Å². The van der Waals surface area contributed by atoms with Gasteiger partial charge in [-0.25, -0.2) is 0 Å². The van der Waals surface area contributed by atoms with Crippen LogP contribution in [0.1, 0.15) is 85.0 Å². The Hall–Kier alpha value is -1.05. The van der Waals surface area contributed by atoms with Crippen LogP contribution in [0.25, 0.3) is 0 Å². The third kappa shape index (κ3) is 3.96. The lowest BCUT2D eigenvalue weighted by Gasteiger charge is -2.62. The van der Waals surface area contributed by atoms with E-state index in [1.54, 1.807) is 5.51 Å². The van der Waals surface area contributed by atoms with Gasteiger partial charge >= 0.3 is 0 Å². The number of anilines is 1. The number of fused-ring (bicyclic) bond motifs is 5. The van der Waals surface area contributed by atoms with Gasteiger partial charge in [0.25, 0.3) is 0 Å². The Morgan fingerprint density at radius 3 is 2.76 bits per heavy atom. The number of carbonyl (C=O) groups is 1. The van der Waals surface area contributed by atoms with Crippen LogP contribution in [0.3, 0.4) is 0 Å². The molecule has 10 atom stereocenters. The van der Waals surface area contributed by atoms with E-state index in [1.807, 2.05) is 0 Å². The Bertz CT molecular complexity index is 850. The Morgan fingerprint density at radius 2 is 2.00 bits per heavy atom. The van der Waals surface area contributed by atoms with Crippen LogP contribution in [-0.2, 0) is 4.79 Å². The van der Waals surface area contributed by atoms with Crippen LogP contribution in [0, 0.1) is 46.3 Å². The largest absolute Gasteiger partial charge is 0.393 e. The minimum atomic E-state index is -0.267. The molecule has 0 unspecified atom stereocenters. The van der Waals surface area contributed by atoms with E-state index in [4.69, 9.17) is 0 Å². The average molecular weight is 476 g/mol. The van der Waals surface area contributed by atoms with Crippen LogP contribution in [0.15, 0.2) is 5.51 Å². The maximum Gasteiger partial charge on any atom is 0.226 e. The van der Waals surface area contributed by atoms with Crippen molar-refractivity contribution in [3.8, 4) is 0 Å². The van der Waals surface area contributed by atoms with E-state index in [2.05, 4.69) is 36.3 Å². The molecule has 1 amide bonds. The fourth-order valence-electron chi connectivity index (χ4n) is 9.13. The fraction of sp³-hybridized carbons (Fsp3) is 0.885. The minimum absolute atomic E-state index is 0.00768. The highest BCUT2D eigenvalue weighted by Gasteiger charge is 2.63. The van der Waals surface area contributed by atoms with Crippen LogP contribution in [0.4, 0.5) is 5.13 Å². The molecular formula is C26H41N3O3S. The quantitative estimate of drug-likeness (QED) is 0.564. The number of amides is 1. The number of nitrogens with zero attached hydrogens (tertiary/aromatic N) is 2. The van der Waals surface area contributed by atoms with E-state index >= 15 is 0 Å². The maximum absolute atomic E-state index is 12.4. The number of hydrogen-bond donors (Lipinski definition) is 3. The van der Waals surface area contributed by atoms with E-state index in [0.29, 0.717) is 47.1 Å². The summed E-state index contributed by atoms with van der Waals surface area (Å²) in [5, 5.41) is 33.0. The normalized spacial score (nSPS) is 45.5. The lowest BCUT2D eigenvalue weighted by atomic mass is 9.43. The Morgan fingerprint density at radius 1 is 1.18 bits per heavy atom. The zero-order valence-electron chi connectivity index (χ0n) is 20.4. The molecule has 1 heterocycles. The fourth-order valence-corrected chi connectivity index (χ4v) is 9.59. The van der Waals surface area contributed by atoms with E-state index in [-0.39, 0.29) is 28.9 Å². The van der Waals surface area contributed by atoms with Crippen LogP contribution in [0.2, 0.25) is 0 Å². The van der Waals surface area contributed by atoms with Gasteiger partial charge in [-0.15, -0.1) is 10.2 Å². The van der Waals surface area contributed by atoms with Crippen molar-refractivity contribution in [2.75, 3.05) is 5.32 Å². The van der Waals surface area contributed by atoms with Crippen molar-refractivity contribution >= 4 is 22.4 Å². The van der Waals surface area contributed by atoms with Crippen LogP contribution in [-0.4, -0.2) is 38.5 Å². The molecule has 4 fully saturated rings. The maximum atomic E-state index is 12.4. The summed E-state index contributed by atoms with van der Waals surface area (Å²) in [6.45, 7) is 7.13. The molecule has 4 aliphatic rings. The number of nitrogens with one attached hydrogen (secondary N) is 1. The van der Waals surface area contributed by atoms with E-state index in [0.717, 1.165) is 32.1 Å². The number of hydrogen-bond acceptors (Lipinski definition) is 6. The van der Waals surface area contributed by atoms with E-state index in [9.17, 15) is 15.0 Å². The smallest absolute Gasteiger partial charge is 0.226 e. The predicted molar refractivity (Wildman–Crippen MR) is 130 cm³/mol. The van der Waals surface area contributed by atoms with E-state index in [1.165, 1.54) is 37.0 Å². The zero-order valence-corrected chi connectivity index (χ0v) is 21.2. The average Bonchev–Trinajstić information content (AvgIpc) is 3.41. The molecule has 1 aromatic heterocycles. The molecule has 0 radical (unpaired) electrons. The topological polar surface area (TPSA) is 95.3 Å². The third-order valence-electron chi connectivity index (χ3n) is 10.9. The van der Waals surface area contributed by atoms with Gasteiger partial charge in [-0.05, 0) is 104 Å². The molecule has 0 aromatic carbocycles. The number of aliphatic hydroxyl groups is 2. The molecule has 0 bridgehead atoms. The van der Waals surface area contributed by atoms with Crippen LogP contribution < -0.4 is 5.32 Å². The highest BCUT2D eigenvalue weighted by molar-refractivity contribution is 7.13. The number of carbonyl (C=O) groups excluding carboxylic acids is 1. The molecule has 7 heteroatoms. The lowest BCUT2D eigenvalue weighted by molar-refractivity contribution is -0.174. The van der Waals surface area contributed by atoms with Gasteiger partial charge in [0.15, 0.2) is 0 Å². The number of rotatable bonds is 5. The second kappa shape index (κ2) is 8.87. The molecular weight excluding hydrogens is 434 g/mol. The molecule has 3 N–H and O–H groups in total. The van der Waals surface area contributed by atoms with Gasteiger partial charge in [0.1, 0.15) is 5.51 Å². The highest BCUT2D eigenvalue weighted by Crippen LogP contribution is 2.68. The lowest BCUT2D eigenvalue weighted by Crippen LogP contribution is -2.58. The Balaban J connectivity index is 1.27. The van der Waals surface area contributed by atoms with Crippen molar-refractivity contribution in [3.05, 3.63) is 5.51 Å². The first-order valence-electron chi connectivity index (χ1n) is 13.2. The van der Waals surface area contributed by atoms with Crippen LogP contribution in [0.5, 0.6) is 0 Å².